The van der Waals surface area contributed by atoms with Crippen LogP contribution in [-0.2, 0) is 11.8 Å². The first-order valence-corrected chi connectivity index (χ1v) is 5.36. The number of hydrogen-bond donors (Lipinski definition) is 2. The number of amides is 1. The summed E-state index contributed by atoms with van der Waals surface area (Å²) in [5.74, 6) is 0.187. The van der Waals surface area contributed by atoms with E-state index in [1.807, 2.05) is 0 Å². The first kappa shape index (κ1) is 10.9. The molecule has 1 aromatic heterocycles. The van der Waals surface area contributed by atoms with Gasteiger partial charge in [-0.1, -0.05) is 0 Å². The van der Waals surface area contributed by atoms with Gasteiger partial charge in [-0.15, -0.1) is 0 Å². The number of carbonyl (C=O) groups is 1. The van der Waals surface area contributed by atoms with Crippen LogP contribution in [0.5, 0.6) is 0 Å². The number of nitrogens with one attached hydrogen (secondary N) is 1. The number of hydrogen-bond acceptors (Lipinski definition) is 4. The maximum atomic E-state index is 11.8. The first-order chi connectivity index (χ1) is 7.66. The fraction of sp³-hybridized carbons (Fsp3) is 0.600. The van der Waals surface area contributed by atoms with E-state index in [4.69, 9.17) is 10.5 Å². The molecule has 0 aromatic carbocycles. The predicted octanol–water partition coefficient (Wildman–Crippen LogP) is -0.0889. The Labute approximate surface area is 93.8 Å². The third kappa shape index (κ3) is 2.33. The summed E-state index contributed by atoms with van der Waals surface area (Å²) in [6.07, 6.45) is 2.22. The normalized spacial score (nSPS) is 19.9. The van der Waals surface area contributed by atoms with E-state index >= 15 is 0 Å². The van der Waals surface area contributed by atoms with Crippen LogP contribution < -0.4 is 11.1 Å². The Hall–Kier alpha value is -1.56. The maximum absolute atomic E-state index is 11.8. The second kappa shape index (κ2) is 4.52. The monoisotopic (exact) mass is 224 g/mol. The largest absolute Gasteiger partial charge is 0.382 e. The Bertz CT molecular complexity index is 382. The van der Waals surface area contributed by atoms with Crippen molar-refractivity contribution in [3.63, 3.8) is 0 Å². The minimum atomic E-state index is -0.165. The summed E-state index contributed by atoms with van der Waals surface area (Å²) in [5.41, 5.74) is 5.97. The van der Waals surface area contributed by atoms with E-state index < -0.39 is 0 Å². The molecule has 6 heteroatoms. The number of nitrogens with two attached hydrogens (primary N) is 1. The Kier molecular flexibility index (Phi) is 3.09. The molecule has 1 amide bonds. The van der Waals surface area contributed by atoms with Gasteiger partial charge < -0.3 is 15.8 Å². The van der Waals surface area contributed by atoms with Crippen LogP contribution in [0, 0.1) is 0 Å². The standard InChI is InChI=1S/C10H16N4O2/c1-14-8(5-9(11)13-14)10(15)12-6-7-3-2-4-16-7/h5,7H,2-4,6H2,1H3,(H2,11,13)(H,12,15). The van der Waals surface area contributed by atoms with Crippen molar-refractivity contribution in [1.29, 1.82) is 0 Å². The fourth-order valence-electron chi connectivity index (χ4n) is 1.80. The van der Waals surface area contributed by atoms with E-state index in [9.17, 15) is 4.79 Å². The lowest BCUT2D eigenvalue weighted by molar-refractivity contribution is 0.0850. The smallest absolute Gasteiger partial charge is 0.269 e. The SMILES string of the molecule is Cn1nc(N)cc1C(=O)NCC1CCCO1. The molecule has 6 nitrogen and oxygen atoms in total. The molecule has 1 atom stereocenters. The quantitative estimate of drug-likeness (QED) is 0.751. The number of ether oxygens (including phenoxy) is 1. The average molecular weight is 224 g/mol. The van der Waals surface area contributed by atoms with Crippen molar-refractivity contribution in [2.45, 2.75) is 18.9 Å². The first-order valence-electron chi connectivity index (χ1n) is 5.36. The van der Waals surface area contributed by atoms with Crippen LogP contribution >= 0.6 is 0 Å². The zero-order chi connectivity index (χ0) is 11.5. The third-order valence-corrected chi connectivity index (χ3v) is 2.65. The maximum Gasteiger partial charge on any atom is 0.269 e. The number of aromatic nitrogens is 2. The highest BCUT2D eigenvalue weighted by molar-refractivity contribution is 5.93. The number of nitrogen functional groups attached to an aromatic ring is 1. The molecule has 1 fully saturated rings. The molecular formula is C10H16N4O2. The molecule has 0 spiro atoms. The molecule has 16 heavy (non-hydrogen) atoms. The summed E-state index contributed by atoms with van der Waals surface area (Å²) < 4.78 is 6.89. The van der Waals surface area contributed by atoms with Gasteiger partial charge in [0.1, 0.15) is 11.5 Å². The third-order valence-electron chi connectivity index (χ3n) is 2.65. The highest BCUT2D eigenvalue weighted by atomic mass is 16.5. The minimum absolute atomic E-state index is 0.148. The molecule has 1 saturated heterocycles. The molecule has 1 aliphatic heterocycles. The molecule has 2 rings (SSSR count). The number of aryl methyl sites for hydroxylation is 1. The van der Waals surface area contributed by atoms with Gasteiger partial charge in [0.15, 0.2) is 0 Å². The Balaban J connectivity index is 1.90. The van der Waals surface area contributed by atoms with Crippen molar-refractivity contribution in [3.05, 3.63) is 11.8 Å². The number of anilines is 1. The minimum Gasteiger partial charge on any atom is -0.382 e. The number of carbonyl (C=O) groups excluding carboxylic acids is 1. The molecule has 0 aliphatic carbocycles. The number of nitrogens with zero attached hydrogens (tertiary/aromatic N) is 2. The van der Waals surface area contributed by atoms with Gasteiger partial charge in [-0.05, 0) is 12.8 Å². The van der Waals surface area contributed by atoms with Crippen molar-refractivity contribution < 1.29 is 9.53 Å². The summed E-state index contributed by atoms with van der Waals surface area (Å²) >= 11 is 0. The molecular weight excluding hydrogens is 208 g/mol. The topological polar surface area (TPSA) is 82.2 Å². The van der Waals surface area contributed by atoms with Gasteiger partial charge in [0.2, 0.25) is 0 Å². The van der Waals surface area contributed by atoms with Crippen LogP contribution in [0.2, 0.25) is 0 Å². The summed E-state index contributed by atoms with van der Waals surface area (Å²) in [4.78, 5) is 11.8. The summed E-state index contributed by atoms with van der Waals surface area (Å²) in [6, 6.07) is 1.56. The molecule has 0 radical (unpaired) electrons. The van der Waals surface area contributed by atoms with E-state index in [1.54, 1.807) is 13.1 Å². The molecule has 3 N–H and O–H groups in total. The Morgan fingerprint density at radius 2 is 2.62 bits per heavy atom. The van der Waals surface area contributed by atoms with Crippen LogP contribution in [0.15, 0.2) is 6.07 Å². The van der Waals surface area contributed by atoms with E-state index in [0.29, 0.717) is 18.1 Å². The predicted molar refractivity (Wildman–Crippen MR) is 58.9 cm³/mol. The summed E-state index contributed by atoms with van der Waals surface area (Å²) in [6.45, 7) is 1.34. The summed E-state index contributed by atoms with van der Waals surface area (Å²) in [7, 11) is 1.69. The van der Waals surface area contributed by atoms with Gasteiger partial charge in [-0.2, -0.15) is 5.10 Å². The van der Waals surface area contributed by atoms with E-state index in [1.165, 1.54) is 4.68 Å². The highest BCUT2D eigenvalue weighted by Gasteiger charge is 2.18. The lowest BCUT2D eigenvalue weighted by Crippen LogP contribution is -2.32. The Morgan fingerprint density at radius 3 is 3.19 bits per heavy atom. The lowest BCUT2D eigenvalue weighted by atomic mass is 10.2. The van der Waals surface area contributed by atoms with Crippen LogP contribution in [0.3, 0.4) is 0 Å². The molecule has 1 aliphatic rings. The van der Waals surface area contributed by atoms with Crippen molar-refractivity contribution in [3.8, 4) is 0 Å². The van der Waals surface area contributed by atoms with E-state index in [0.717, 1.165) is 19.4 Å². The van der Waals surface area contributed by atoms with Crippen LogP contribution in [0.25, 0.3) is 0 Å². The van der Waals surface area contributed by atoms with Crippen LogP contribution in [-0.4, -0.2) is 34.9 Å². The van der Waals surface area contributed by atoms with Crippen LogP contribution in [0.4, 0.5) is 5.82 Å². The second-order valence-corrected chi connectivity index (χ2v) is 3.92. The van der Waals surface area contributed by atoms with Gasteiger partial charge in [0.05, 0.1) is 6.10 Å². The fourth-order valence-corrected chi connectivity index (χ4v) is 1.80. The highest BCUT2D eigenvalue weighted by Crippen LogP contribution is 2.11. The molecule has 0 bridgehead atoms. The lowest BCUT2D eigenvalue weighted by Gasteiger charge is -2.10. The van der Waals surface area contributed by atoms with E-state index in [2.05, 4.69) is 10.4 Å². The van der Waals surface area contributed by atoms with Gasteiger partial charge in [0, 0.05) is 26.3 Å². The molecule has 2 heterocycles. The van der Waals surface area contributed by atoms with Gasteiger partial charge in [-0.3, -0.25) is 9.48 Å². The van der Waals surface area contributed by atoms with Crippen molar-refractivity contribution in [2.75, 3.05) is 18.9 Å². The molecule has 1 unspecified atom stereocenters. The van der Waals surface area contributed by atoms with Crippen molar-refractivity contribution in [2.24, 2.45) is 7.05 Å². The summed E-state index contributed by atoms with van der Waals surface area (Å²) in [5, 5.41) is 6.73. The van der Waals surface area contributed by atoms with Crippen molar-refractivity contribution in [1.82, 2.24) is 15.1 Å². The van der Waals surface area contributed by atoms with Gasteiger partial charge in [0.25, 0.3) is 5.91 Å². The average Bonchev–Trinajstić information content (AvgIpc) is 2.84. The van der Waals surface area contributed by atoms with Gasteiger partial charge in [-0.25, -0.2) is 0 Å². The second-order valence-electron chi connectivity index (χ2n) is 3.92. The van der Waals surface area contributed by atoms with Gasteiger partial charge >= 0.3 is 0 Å². The molecule has 1 aromatic rings. The molecule has 0 saturated carbocycles. The van der Waals surface area contributed by atoms with Crippen molar-refractivity contribution >= 4 is 11.7 Å². The molecule has 88 valence electrons. The van der Waals surface area contributed by atoms with E-state index in [-0.39, 0.29) is 12.0 Å². The number of rotatable bonds is 3. The van der Waals surface area contributed by atoms with Crippen LogP contribution in [0.1, 0.15) is 23.3 Å². The Morgan fingerprint density at radius 1 is 1.81 bits per heavy atom. The zero-order valence-corrected chi connectivity index (χ0v) is 9.27. The zero-order valence-electron chi connectivity index (χ0n) is 9.27.